The molecule has 1 amide bonds. The van der Waals surface area contributed by atoms with Crippen molar-refractivity contribution in [1.29, 1.82) is 0 Å². The van der Waals surface area contributed by atoms with Crippen LogP contribution in [0.25, 0.3) is 0 Å². The van der Waals surface area contributed by atoms with Crippen molar-refractivity contribution in [3.8, 4) is 0 Å². The second kappa shape index (κ2) is 4.36. The van der Waals surface area contributed by atoms with Crippen LogP contribution in [0.3, 0.4) is 0 Å². The maximum Gasteiger partial charge on any atom is 0.471 e. The summed E-state index contributed by atoms with van der Waals surface area (Å²) in [7, 11) is 0. The quantitative estimate of drug-likeness (QED) is 0.811. The van der Waals surface area contributed by atoms with Gasteiger partial charge < -0.3 is 15.2 Å². The summed E-state index contributed by atoms with van der Waals surface area (Å²) < 4.78 is 41.7. The van der Waals surface area contributed by atoms with Gasteiger partial charge in [0, 0.05) is 6.54 Å². The molecule has 1 aliphatic carbocycles. The van der Waals surface area contributed by atoms with E-state index in [4.69, 9.17) is 9.84 Å². The molecule has 0 radical (unpaired) electrons. The van der Waals surface area contributed by atoms with E-state index in [9.17, 15) is 22.8 Å². The second-order valence-electron chi connectivity index (χ2n) is 5.24. The number of amides is 1. The standard InChI is InChI=1S/C11H14F3NO4/c12-11(13,14)7(16)15-5-10-3-1-9(2-4-10,6-19-10)8(17)18/h1-6H2,(H,15,16)(H,17,18). The van der Waals surface area contributed by atoms with Crippen LogP contribution in [0.1, 0.15) is 25.7 Å². The topological polar surface area (TPSA) is 75.6 Å². The molecule has 5 nitrogen and oxygen atoms in total. The van der Waals surface area contributed by atoms with E-state index in [1.54, 1.807) is 0 Å². The summed E-state index contributed by atoms with van der Waals surface area (Å²) >= 11 is 0. The molecule has 0 spiro atoms. The number of alkyl halides is 3. The maximum atomic E-state index is 12.1. The SMILES string of the molecule is O=C(NCC12CCC(C(=O)O)(CC1)CO2)C(F)(F)F. The predicted molar refractivity (Wildman–Crippen MR) is 56.3 cm³/mol. The normalized spacial score (nSPS) is 34.1. The van der Waals surface area contributed by atoms with Gasteiger partial charge in [-0.3, -0.25) is 9.59 Å². The Balaban J connectivity index is 1.94. The van der Waals surface area contributed by atoms with Gasteiger partial charge >= 0.3 is 18.1 Å². The van der Waals surface area contributed by atoms with Crippen molar-refractivity contribution < 1.29 is 32.6 Å². The minimum Gasteiger partial charge on any atom is -0.481 e. The molecule has 1 saturated carbocycles. The lowest BCUT2D eigenvalue weighted by atomic mass is 9.66. The summed E-state index contributed by atoms with van der Waals surface area (Å²) in [6.07, 6.45) is -3.49. The number of carbonyl (C=O) groups is 2. The van der Waals surface area contributed by atoms with Gasteiger partial charge in [-0.25, -0.2) is 0 Å². The first-order chi connectivity index (χ1) is 8.69. The van der Waals surface area contributed by atoms with Crippen LogP contribution in [-0.4, -0.2) is 41.9 Å². The molecule has 2 heterocycles. The molecule has 19 heavy (non-hydrogen) atoms. The van der Waals surface area contributed by atoms with Crippen molar-refractivity contribution in [2.24, 2.45) is 5.41 Å². The van der Waals surface area contributed by atoms with Gasteiger partial charge in [-0.15, -0.1) is 0 Å². The Hall–Kier alpha value is -1.31. The van der Waals surface area contributed by atoms with Gasteiger partial charge in [0.25, 0.3) is 0 Å². The molecular weight excluding hydrogens is 267 g/mol. The zero-order chi connectivity index (χ0) is 14.3. The summed E-state index contributed by atoms with van der Waals surface area (Å²) in [5.41, 5.74) is -1.76. The van der Waals surface area contributed by atoms with E-state index in [0.717, 1.165) is 0 Å². The molecule has 0 aromatic heterocycles. The molecule has 2 saturated heterocycles. The highest BCUT2D eigenvalue weighted by atomic mass is 19.4. The largest absolute Gasteiger partial charge is 0.481 e. The van der Waals surface area contributed by atoms with Gasteiger partial charge in [0.2, 0.25) is 0 Å². The minimum atomic E-state index is -4.91. The number of carbonyl (C=O) groups excluding carboxylic acids is 1. The van der Waals surface area contributed by atoms with Crippen LogP contribution in [0.15, 0.2) is 0 Å². The van der Waals surface area contributed by atoms with E-state index < -0.39 is 29.1 Å². The van der Waals surface area contributed by atoms with Crippen molar-refractivity contribution >= 4 is 11.9 Å². The van der Waals surface area contributed by atoms with E-state index >= 15 is 0 Å². The number of ether oxygens (including phenoxy) is 1. The van der Waals surface area contributed by atoms with Crippen LogP contribution in [0, 0.1) is 5.41 Å². The maximum absolute atomic E-state index is 12.1. The summed E-state index contributed by atoms with van der Waals surface area (Å²) in [6, 6.07) is 0. The molecule has 8 heteroatoms. The fraction of sp³-hybridized carbons (Fsp3) is 0.818. The van der Waals surface area contributed by atoms with Gasteiger partial charge in [-0.05, 0) is 25.7 Å². The minimum absolute atomic E-state index is 0.00970. The van der Waals surface area contributed by atoms with Crippen LogP contribution >= 0.6 is 0 Å². The lowest BCUT2D eigenvalue weighted by Crippen LogP contribution is -2.59. The Kier molecular flexibility index (Phi) is 3.24. The van der Waals surface area contributed by atoms with Crippen LogP contribution in [0.2, 0.25) is 0 Å². The van der Waals surface area contributed by atoms with E-state index in [1.807, 2.05) is 5.32 Å². The van der Waals surface area contributed by atoms with Gasteiger partial charge in [0.1, 0.15) is 0 Å². The number of carboxylic acid groups (broad SMARTS) is 1. The highest BCUT2D eigenvalue weighted by molar-refractivity contribution is 5.81. The average Bonchev–Trinajstić information content (AvgIpc) is 2.37. The summed E-state index contributed by atoms with van der Waals surface area (Å²) in [6.45, 7) is -0.245. The van der Waals surface area contributed by atoms with Gasteiger partial charge in [-0.1, -0.05) is 0 Å². The monoisotopic (exact) mass is 281 g/mol. The third-order valence-electron chi connectivity index (χ3n) is 4.06. The van der Waals surface area contributed by atoms with E-state index in [2.05, 4.69) is 0 Å². The summed E-state index contributed by atoms with van der Waals surface area (Å²) in [5, 5.41) is 10.9. The second-order valence-corrected chi connectivity index (χ2v) is 5.24. The van der Waals surface area contributed by atoms with Crippen LogP contribution in [0.5, 0.6) is 0 Å². The number of hydrogen-bond donors (Lipinski definition) is 2. The Bertz CT molecular complexity index is 383. The number of nitrogens with one attached hydrogen (secondary N) is 1. The summed E-state index contributed by atoms with van der Waals surface area (Å²) in [4.78, 5) is 21.9. The molecule has 3 aliphatic rings. The van der Waals surface area contributed by atoms with Crippen LogP contribution in [-0.2, 0) is 14.3 Å². The molecule has 2 bridgehead atoms. The van der Waals surface area contributed by atoms with Crippen LogP contribution < -0.4 is 5.32 Å². The first kappa shape index (κ1) is 14.1. The van der Waals surface area contributed by atoms with Gasteiger partial charge in [-0.2, -0.15) is 13.2 Å². The Morgan fingerprint density at radius 1 is 1.21 bits per heavy atom. The fourth-order valence-electron chi connectivity index (χ4n) is 2.61. The number of aliphatic carboxylic acids is 1. The molecule has 0 atom stereocenters. The van der Waals surface area contributed by atoms with Crippen molar-refractivity contribution in [1.82, 2.24) is 5.32 Å². The number of carboxylic acids is 1. The van der Waals surface area contributed by atoms with E-state index in [-0.39, 0.29) is 13.2 Å². The molecule has 3 fully saturated rings. The highest BCUT2D eigenvalue weighted by Gasteiger charge is 2.54. The van der Waals surface area contributed by atoms with E-state index in [0.29, 0.717) is 25.7 Å². The van der Waals surface area contributed by atoms with Gasteiger partial charge in [0.05, 0.1) is 17.6 Å². The first-order valence-electron chi connectivity index (χ1n) is 5.92. The fourth-order valence-corrected chi connectivity index (χ4v) is 2.61. The zero-order valence-corrected chi connectivity index (χ0v) is 10.0. The van der Waals surface area contributed by atoms with Crippen molar-refractivity contribution in [2.75, 3.05) is 13.2 Å². The van der Waals surface area contributed by atoms with Crippen molar-refractivity contribution in [3.63, 3.8) is 0 Å². The third kappa shape index (κ3) is 2.54. The average molecular weight is 281 g/mol. The number of hydrogen-bond acceptors (Lipinski definition) is 3. The van der Waals surface area contributed by atoms with Crippen molar-refractivity contribution in [3.05, 3.63) is 0 Å². The predicted octanol–water partition coefficient (Wildman–Crippen LogP) is 1.08. The smallest absolute Gasteiger partial charge is 0.471 e. The lowest BCUT2D eigenvalue weighted by molar-refractivity contribution is -0.202. The molecule has 0 aromatic carbocycles. The van der Waals surface area contributed by atoms with Crippen LogP contribution in [0.4, 0.5) is 13.2 Å². The molecular formula is C11H14F3NO4. The van der Waals surface area contributed by atoms with Crippen molar-refractivity contribution in [2.45, 2.75) is 37.5 Å². The molecule has 0 unspecified atom stereocenters. The third-order valence-corrected chi connectivity index (χ3v) is 4.06. The molecule has 108 valence electrons. The number of halogens is 3. The first-order valence-corrected chi connectivity index (χ1v) is 5.92. The van der Waals surface area contributed by atoms with E-state index in [1.165, 1.54) is 0 Å². The molecule has 3 rings (SSSR count). The lowest BCUT2D eigenvalue weighted by Gasteiger charge is -2.51. The highest BCUT2D eigenvalue weighted by Crippen LogP contribution is 2.48. The molecule has 0 aromatic rings. The Labute approximate surface area is 107 Å². The molecule has 2 aliphatic heterocycles. The summed E-state index contributed by atoms with van der Waals surface area (Å²) in [5.74, 6) is -2.92. The molecule has 2 N–H and O–H groups in total. The Morgan fingerprint density at radius 2 is 1.79 bits per heavy atom. The zero-order valence-electron chi connectivity index (χ0n) is 10.0. The number of fused-ring (bicyclic) bond motifs is 3. The van der Waals surface area contributed by atoms with Gasteiger partial charge in [0.15, 0.2) is 0 Å². The Morgan fingerprint density at radius 3 is 2.16 bits per heavy atom. The number of rotatable bonds is 3.